The number of thiophene rings is 1. The first kappa shape index (κ1) is 23.4. The first-order valence-electron chi connectivity index (χ1n) is 11.2. The van der Waals surface area contributed by atoms with Crippen LogP contribution in [0.15, 0.2) is 12.1 Å². The molecule has 1 unspecified atom stereocenters. The SMILES string of the molecule is COc1cc(C(=O)Nc2sc3c(c2C(=O)NCC2CCCO2)CCCC3)cc(OC)c1OC. The van der Waals surface area contributed by atoms with E-state index in [0.717, 1.165) is 50.7 Å². The minimum Gasteiger partial charge on any atom is -0.493 e. The van der Waals surface area contributed by atoms with E-state index in [1.165, 1.54) is 37.5 Å². The van der Waals surface area contributed by atoms with E-state index in [-0.39, 0.29) is 17.9 Å². The predicted octanol–water partition coefficient (Wildman–Crippen LogP) is 3.81. The van der Waals surface area contributed by atoms with Crippen LogP contribution in [0.4, 0.5) is 5.00 Å². The number of carbonyl (C=O) groups is 2. The summed E-state index contributed by atoms with van der Waals surface area (Å²) in [7, 11) is 4.52. The Kier molecular flexibility index (Phi) is 7.39. The molecule has 0 spiro atoms. The first-order chi connectivity index (χ1) is 16.0. The molecule has 1 aromatic carbocycles. The summed E-state index contributed by atoms with van der Waals surface area (Å²) in [6, 6.07) is 3.20. The van der Waals surface area contributed by atoms with E-state index in [0.29, 0.717) is 39.9 Å². The second kappa shape index (κ2) is 10.4. The Balaban J connectivity index is 1.60. The highest BCUT2D eigenvalue weighted by atomic mass is 32.1. The van der Waals surface area contributed by atoms with Gasteiger partial charge < -0.3 is 29.6 Å². The van der Waals surface area contributed by atoms with Gasteiger partial charge in [0.25, 0.3) is 11.8 Å². The lowest BCUT2D eigenvalue weighted by Crippen LogP contribution is -2.32. The average Bonchev–Trinajstić information content (AvgIpc) is 3.49. The van der Waals surface area contributed by atoms with Crippen molar-refractivity contribution >= 4 is 28.2 Å². The second-order valence-electron chi connectivity index (χ2n) is 8.13. The van der Waals surface area contributed by atoms with Crippen molar-refractivity contribution in [2.75, 3.05) is 39.8 Å². The van der Waals surface area contributed by atoms with Gasteiger partial charge >= 0.3 is 0 Å². The lowest BCUT2D eigenvalue weighted by atomic mass is 9.95. The summed E-state index contributed by atoms with van der Waals surface area (Å²) in [5.41, 5.74) is 1.98. The summed E-state index contributed by atoms with van der Waals surface area (Å²) < 4.78 is 21.7. The van der Waals surface area contributed by atoms with Gasteiger partial charge in [0, 0.05) is 23.6 Å². The molecule has 1 saturated heterocycles. The number of nitrogens with one attached hydrogen (secondary N) is 2. The van der Waals surface area contributed by atoms with Crippen molar-refractivity contribution in [3.63, 3.8) is 0 Å². The minimum absolute atomic E-state index is 0.0562. The van der Waals surface area contributed by atoms with Crippen LogP contribution in [0.1, 0.15) is 56.8 Å². The summed E-state index contributed by atoms with van der Waals surface area (Å²) in [6.45, 7) is 1.22. The topological polar surface area (TPSA) is 95.1 Å². The molecule has 1 aliphatic heterocycles. The molecule has 1 aliphatic carbocycles. The number of ether oxygens (including phenoxy) is 4. The highest BCUT2D eigenvalue weighted by Crippen LogP contribution is 2.40. The lowest BCUT2D eigenvalue weighted by molar-refractivity contribution is 0.0858. The normalized spacial score (nSPS) is 17.2. The maximum Gasteiger partial charge on any atom is 0.256 e. The van der Waals surface area contributed by atoms with E-state index in [1.54, 1.807) is 12.1 Å². The third kappa shape index (κ3) is 4.94. The maximum atomic E-state index is 13.2. The molecule has 2 amide bonds. The molecule has 2 aliphatic rings. The third-order valence-corrected chi connectivity index (χ3v) is 7.27. The zero-order chi connectivity index (χ0) is 23.4. The van der Waals surface area contributed by atoms with Crippen molar-refractivity contribution in [2.45, 2.75) is 44.6 Å². The van der Waals surface area contributed by atoms with E-state index >= 15 is 0 Å². The van der Waals surface area contributed by atoms with Crippen molar-refractivity contribution < 1.29 is 28.5 Å². The van der Waals surface area contributed by atoms with E-state index < -0.39 is 0 Å². The zero-order valence-corrected chi connectivity index (χ0v) is 20.1. The fourth-order valence-corrected chi connectivity index (χ4v) is 5.66. The number of amides is 2. The number of hydrogen-bond acceptors (Lipinski definition) is 7. The maximum absolute atomic E-state index is 13.2. The quantitative estimate of drug-likeness (QED) is 0.604. The Morgan fingerprint density at radius 1 is 1.03 bits per heavy atom. The summed E-state index contributed by atoms with van der Waals surface area (Å²) in [4.78, 5) is 27.6. The number of hydrogen-bond donors (Lipinski definition) is 2. The zero-order valence-electron chi connectivity index (χ0n) is 19.2. The fourth-order valence-electron chi connectivity index (χ4n) is 4.38. The van der Waals surface area contributed by atoms with Crippen LogP contribution in [-0.4, -0.2) is 52.4 Å². The molecule has 178 valence electrons. The monoisotopic (exact) mass is 474 g/mol. The Morgan fingerprint density at radius 2 is 1.76 bits per heavy atom. The van der Waals surface area contributed by atoms with E-state index in [9.17, 15) is 9.59 Å². The molecule has 1 fully saturated rings. The summed E-state index contributed by atoms with van der Waals surface area (Å²) in [6.07, 6.45) is 5.92. The van der Waals surface area contributed by atoms with Gasteiger partial charge in [-0.15, -0.1) is 11.3 Å². The number of aryl methyl sites for hydroxylation is 1. The van der Waals surface area contributed by atoms with Crippen molar-refractivity contribution in [1.29, 1.82) is 0 Å². The fraction of sp³-hybridized carbons (Fsp3) is 0.500. The van der Waals surface area contributed by atoms with Gasteiger partial charge in [-0.2, -0.15) is 0 Å². The van der Waals surface area contributed by atoms with E-state index in [2.05, 4.69) is 10.6 Å². The number of benzene rings is 1. The molecule has 2 N–H and O–H groups in total. The highest BCUT2D eigenvalue weighted by Gasteiger charge is 2.28. The number of rotatable bonds is 8. The van der Waals surface area contributed by atoms with Crippen molar-refractivity contribution in [3.8, 4) is 17.2 Å². The molecule has 4 rings (SSSR count). The Hall–Kier alpha value is -2.78. The smallest absolute Gasteiger partial charge is 0.256 e. The van der Waals surface area contributed by atoms with Crippen molar-refractivity contribution in [2.24, 2.45) is 0 Å². The minimum atomic E-state index is -0.346. The molecule has 1 atom stereocenters. The number of anilines is 1. The third-order valence-electron chi connectivity index (χ3n) is 6.07. The molecule has 1 aromatic heterocycles. The average molecular weight is 475 g/mol. The standard InChI is InChI=1S/C24H30N2O6S/c1-29-17-11-14(12-18(30-2)21(17)31-3)22(27)26-24-20(16-8-4-5-9-19(16)33-24)23(28)25-13-15-7-6-10-32-15/h11-12,15H,4-10,13H2,1-3H3,(H,25,28)(H,26,27). The molecule has 0 radical (unpaired) electrons. The molecular formula is C24H30N2O6S. The molecule has 9 heteroatoms. The van der Waals surface area contributed by atoms with Gasteiger partial charge in [0.2, 0.25) is 5.75 Å². The molecule has 33 heavy (non-hydrogen) atoms. The van der Waals surface area contributed by atoms with Crippen molar-refractivity contribution in [1.82, 2.24) is 5.32 Å². The Morgan fingerprint density at radius 3 is 2.39 bits per heavy atom. The van der Waals surface area contributed by atoms with Gasteiger partial charge in [0.1, 0.15) is 5.00 Å². The van der Waals surface area contributed by atoms with Gasteiger partial charge in [0.15, 0.2) is 11.5 Å². The second-order valence-corrected chi connectivity index (χ2v) is 9.23. The van der Waals surface area contributed by atoms with Gasteiger partial charge in [-0.25, -0.2) is 0 Å². The highest BCUT2D eigenvalue weighted by molar-refractivity contribution is 7.17. The molecule has 2 heterocycles. The summed E-state index contributed by atoms with van der Waals surface area (Å²) in [5.74, 6) is 0.687. The molecule has 2 aromatic rings. The van der Waals surface area contributed by atoms with E-state index in [4.69, 9.17) is 18.9 Å². The lowest BCUT2D eigenvalue weighted by Gasteiger charge is -2.15. The molecule has 0 saturated carbocycles. The van der Waals surface area contributed by atoms with Crippen molar-refractivity contribution in [3.05, 3.63) is 33.7 Å². The number of fused-ring (bicyclic) bond motifs is 1. The van der Waals surface area contributed by atoms with Crippen LogP contribution in [0.3, 0.4) is 0 Å². The molecule has 8 nitrogen and oxygen atoms in total. The van der Waals surface area contributed by atoms with E-state index in [1.807, 2.05) is 0 Å². The van der Waals surface area contributed by atoms with Crippen LogP contribution in [0.25, 0.3) is 0 Å². The summed E-state index contributed by atoms with van der Waals surface area (Å²) >= 11 is 1.49. The van der Waals surface area contributed by atoms with Gasteiger partial charge in [-0.3, -0.25) is 9.59 Å². The summed E-state index contributed by atoms with van der Waals surface area (Å²) in [5, 5.41) is 6.56. The first-order valence-corrected chi connectivity index (χ1v) is 12.0. The molecular weight excluding hydrogens is 444 g/mol. The van der Waals surface area contributed by atoms with Crippen LogP contribution < -0.4 is 24.8 Å². The van der Waals surface area contributed by atoms with Gasteiger partial charge in [-0.1, -0.05) is 0 Å². The number of methoxy groups -OCH3 is 3. The van der Waals surface area contributed by atoms with Crippen LogP contribution in [-0.2, 0) is 17.6 Å². The van der Waals surface area contributed by atoms with Crippen LogP contribution in [0.2, 0.25) is 0 Å². The van der Waals surface area contributed by atoms with Gasteiger partial charge in [-0.05, 0) is 56.2 Å². The largest absolute Gasteiger partial charge is 0.493 e. The van der Waals surface area contributed by atoms with Gasteiger partial charge in [0.05, 0.1) is 33.0 Å². The molecule has 0 bridgehead atoms. The Labute approximate surface area is 197 Å². The van der Waals surface area contributed by atoms with Crippen LogP contribution in [0.5, 0.6) is 17.2 Å². The predicted molar refractivity (Wildman–Crippen MR) is 126 cm³/mol. The van der Waals surface area contributed by atoms with Crippen LogP contribution >= 0.6 is 11.3 Å². The Bertz CT molecular complexity index is 1000. The van der Waals surface area contributed by atoms with Crippen LogP contribution in [0, 0.1) is 0 Å². The number of carbonyl (C=O) groups excluding carboxylic acids is 2.